The van der Waals surface area contributed by atoms with Gasteiger partial charge in [0, 0.05) is 6.07 Å². The summed E-state index contributed by atoms with van der Waals surface area (Å²) < 4.78 is 5.08. The summed E-state index contributed by atoms with van der Waals surface area (Å²) in [4.78, 5) is 35.2. The van der Waals surface area contributed by atoms with Gasteiger partial charge in [0.1, 0.15) is 17.5 Å². The number of benzene rings is 2. The number of carbonyl (C=O) groups excluding carboxylic acids is 2. The van der Waals surface area contributed by atoms with Gasteiger partial charge in [-0.05, 0) is 29.8 Å². The lowest BCUT2D eigenvalue weighted by Crippen LogP contribution is -2.53. The van der Waals surface area contributed by atoms with Crippen molar-refractivity contribution in [2.75, 3.05) is 7.11 Å². The number of methoxy groups -OCH3 is 1. The summed E-state index contributed by atoms with van der Waals surface area (Å²) in [5.41, 5.74) is 0.862. The molecule has 1 fully saturated rings. The minimum Gasteiger partial charge on any atom is -0.497 e. The van der Waals surface area contributed by atoms with Gasteiger partial charge in [0.25, 0.3) is 17.5 Å². The van der Waals surface area contributed by atoms with Crippen LogP contribution in [0.2, 0.25) is 0 Å². The molecule has 1 aliphatic heterocycles. The molecule has 0 aromatic heterocycles. The number of piperazine rings is 1. The molecule has 28 heavy (non-hydrogen) atoms. The zero-order chi connectivity index (χ0) is 20.1. The average Bonchev–Trinajstić information content (AvgIpc) is 2.70. The van der Waals surface area contributed by atoms with E-state index in [1.165, 1.54) is 24.3 Å². The van der Waals surface area contributed by atoms with Crippen LogP contribution in [-0.4, -0.2) is 29.9 Å². The van der Waals surface area contributed by atoms with E-state index in [2.05, 4.69) is 10.6 Å². The molecule has 0 saturated carbocycles. The number of nitrogens with zero attached hydrogens (tertiary/aromatic N) is 1. The fourth-order valence-electron chi connectivity index (χ4n) is 2.64. The standard InChI is InChI=1S/C20H17N3O5/c1-28-15-9-6-13(7-10-15)8-11-16-19(24)22-17(20(25)21-16)12-14-4-2-3-5-18(14)23(26)27/h2-12,16H,1H3,(H,21,25)(H,22,24). The Labute approximate surface area is 160 Å². The Kier molecular flexibility index (Phi) is 5.50. The highest BCUT2D eigenvalue weighted by Gasteiger charge is 2.28. The Morgan fingerprint density at radius 1 is 1.11 bits per heavy atom. The van der Waals surface area contributed by atoms with Crippen molar-refractivity contribution in [3.8, 4) is 5.75 Å². The molecule has 8 nitrogen and oxygen atoms in total. The average molecular weight is 379 g/mol. The van der Waals surface area contributed by atoms with Crippen LogP contribution in [0, 0.1) is 10.1 Å². The zero-order valence-corrected chi connectivity index (χ0v) is 14.9. The Hall–Kier alpha value is -3.94. The number of para-hydroxylation sites is 1. The van der Waals surface area contributed by atoms with Crippen molar-refractivity contribution in [3.63, 3.8) is 0 Å². The van der Waals surface area contributed by atoms with Gasteiger partial charge >= 0.3 is 0 Å². The summed E-state index contributed by atoms with van der Waals surface area (Å²) >= 11 is 0. The van der Waals surface area contributed by atoms with Gasteiger partial charge in [0.2, 0.25) is 0 Å². The lowest BCUT2D eigenvalue weighted by molar-refractivity contribution is -0.385. The third-order valence-electron chi connectivity index (χ3n) is 4.10. The zero-order valence-electron chi connectivity index (χ0n) is 14.9. The number of hydrogen-bond donors (Lipinski definition) is 2. The van der Waals surface area contributed by atoms with E-state index in [0.717, 1.165) is 5.56 Å². The molecule has 0 aliphatic carbocycles. The number of hydrogen-bond acceptors (Lipinski definition) is 5. The van der Waals surface area contributed by atoms with Gasteiger partial charge in [-0.3, -0.25) is 19.7 Å². The fraction of sp³-hybridized carbons (Fsp3) is 0.100. The van der Waals surface area contributed by atoms with E-state index in [1.807, 2.05) is 12.1 Å². The minimum atomic E-state index is -0.850. The van der Waals surface area contributed by atoms with E-state index in [0.29, 0.717) is 5.75 Å². The number of nitrogens with one attached hydrogen (secondary N) is 2. The highest BCUT2D eigenvalue weighted by Crippen LogP contribution is 2.21. The lowest BCUT2D eigenvalue weighted by atomic mass is 10.1. The Bertz CT molecular complexity index is 980. The molecule has 8 heteroatoms. The summed E-state index contributed by atoms with van der Waals surface area (Å²) in [6, 6.07) is 12.3. The highest BCUT2D eigenvalue weighted by molar-refractivity contribution is 6.08. The Balaban J connectivity index is 1.75. The number of carbonyl (C=O) groups is 2. The van der Waals surface area contributed by atoms with Crippen LogP contribution in [-0.2, 0) is 9.59 Å². The number of nitro groups is 1. The van der Waals surface area contributed by atoms with E-state index in [4.69, 9.17) is 4.74 Å². The molecule has 2 aromatic rings. The molecule has 1 heterocycles. The first-order chi connectivity index (χ1) is 13.5. The molecular formula is C20H17N3O5. The van der Waals surface area contributed by atoms with Crippen LogP contribution in [0.1, 0.15) is 11.1 Å². The minimum absolute atomic E-state index is 0.0478. The van der Waals surface area contributed by atoms with Gasteiger partial charge in [0.05, 0.1) is 17.6 Å². The van der Waals surface area contributed by atoms with Crippen molar-refractivity contribution in [2.45, 2.75) is 6.04 Å². The normalized spacial score (nSPS) is 18.0. The molecule has 3 rings (SSSR count). The largest absolute Gasteiger partial charge is 0.497 e. The van der Waals surface area contributed by atoms with Crippen molar-refractivity contribution >= 4 is 29.7 Å². The second-order valence-electron chi connectivity index (χ2n) is 5.95. The van der Waals surface area contributed by atoms with E-state index >= 15 is 0 Å². The van der Waals surface area contributed by atoms with Crippen molar-refractivity contribution in [1.82, 2.24) is 10.6 Å². The number of nitro benzene ring substituents is 1. The predicted octanol–water partition coefficient (Wildman–Crippen LogP) is 2.27. The monoisotopic (exact) mass is 379 g/mol. The van der Waals surface area contributed by atoms with Gasteiger partial charge in [-0.1, -0.05) is 36.4 Å². The molecule has 1 atom stereocenters. The topological polar surface area (TPSA) is 111 Å². The second-order valence-corrected chi connectivity index (χ2v) is 5.95. The molecule has 142 valence electrons. The molecule has 2 N–H and O–H groups in total. The number of amides is 2. The Morgan fingerprint density at radius 2 is 1.82 bits per heavy atom. The molecule has 1 saturated heterocycles. The maximum Gasteiger partial charge on any atom is 0.276 e. The molecule has 0 bridgehead atoms. The first kappa shape index (κ1) is 18.8. The van der Waals surface area contributed by atoms with Crippen LogP contribution in [0.3, 0.4) is 0 Å². The SMILES string of the molecule is COc1ccc(C=CC2NC(=O)C(=Cc3ccccc3[N+](=O)[O-])NC2=O)cc1. The van der Waals surface area contributed by atoms with E-state index in [1.54, 1.807) is 37.5 Å². The summed E-state index contributed by atoms with van der Waals surface area (Å²) in [5.74, 6) is -0.248. The van der Waals surface area contributed by atoms with Gasteiger partial charge in [-0.25, -0.2) is 0 Å². The summed E-state index contributed by atoms with van der Waals surface area (Å²) in [7, 11) is 1.57. The van der Waals surface area contributed by atoms with Gasteiger partial charge in [-0.15, -0.1) is 0 Å². The smallest absolute Gasteiger partial charge is 0.276 e. The summed E-state index contributed by atoms with van der Waals surface area (Å²) in [5, 5.41) is 16.2. The van der Waals surface area contributed by atoms with Crippen LogP contribution < -0.4 is 15.4 Å². The first-order valence-electron chi connectivity index (χ1n) is 8.37. The molecule has 2 amide bonds. The predicted molar refractivity (Wildman–Crippen MR) is 103 cm³/mol. The summed E-state index contributed by atoms with van der Waals surface area (Å²) in [6.45, 7) is 0. The number of rotatable bonds is 5. The van der Waals surface area contributed by atoms with E-state index in [-0.39, 0.29) is 16.9 Å². The van der Waals surface area contributed by atoms with Crippen molar-refractivity contribution in [2.24, 2.45) is 0 Å². The van der Waals surface area contributed by atoms with Gasteiger partial charge < -0.3 is 15.4 Å². The molecule has 0 spiro atoms. The van der Waals surface area contributed by atoms with Crippen LogP contribution in [0.4, 0.5) is 5.69 Å². The third kappa shape index (κ3) is 4.24. The number of ether oxygens (including phenoxy) is 1. The Morgan fingerprint density at radius 3 is 2.50 bits per heavy atom. The molecule has 1 aliphatic rings. The second kappa shape index (κ2) is 8.17. The maximum atomic E-state index is 12.3. The summed E-state index contributed by atoms with van der Waals surface area (Å²) in [6.07, 6.45) is 4.56. The van der Waals surface area contributed by atoms with Crippen LogP contribution >= 0.6 is 0 Å². The van der Waals surface area contributed by atoms with Gasteiger partial charge in [-0.2, -0.15) is 0 Å². The third-order valence-corrected chi connectivity index (χ3v) is 4.10. The lowest BCUT2D eigenvalue weighted by Gasteiger charge is -2.22. The van der Waals surface area contributed by atoms with Crippen molar-refractivity contribution < 1.29 is 19.2 Å². The quantitative estimate of drug-likeness (QED) is 0.470. The first-order valence-corrected chi connectivity index (χ1v) is 8.37. The molecule has 2 aromatic carbocycles. The molecule has 0 radical (unpaired) electrons. The van der Waals surface area contributed by atoms with Crippen LogP contribution in [0.5, 0.6) is 5.75 Å². The van der Waals surface area contributed by atoms with E-state index < -0.39 is 22.8 Å². The van der Waals surface area contributed by atoms with Crippen LogP contribution in [0.15, 0.2) is 60.3 Å². The highest BCUT2D eigenvalue weighted by atomic mass is 16.6. The molecular weight excluding hydrogens is 362 g/mol. The maximum absolute atomic E-state index is 12.3. The van der Waals surface area contributed by atoms with Crippen LogP contribution in [0.25, 0.3) is 12.2 Å². The van der Waals surface area contributed by atoms with Crippen molar-refractivity contribution in [3.05, 3.63) is 81.5 Å². The van der Waals surface area contributed by atoms with Crippen molar-refractivity contribution in [1.29, 1.82) is 0 Å². The fourth-order valence-corrected chi connectivity index (χ4v) is 2.64. The van der Waals surface area contributed by atoms with E-state index in [9.17, 15) is 19.7 Å². The van der Waals surface area contributed by atoms with Gasteiger partial charge in [0.15, 0.2) is 0 Å². The molecule has 1 unspecified atom stereocenters.